The number of alkyl halides is 3. The number of imidazole rings is 1. The van der Waals surface area contributed by atoms with Crippen molar-refractivity contribution in [1.82, 2.24) is 9.71 Å². The van der Waals surface area contributed by atoms with E-state index in [1.807, 2.05) is 0 Å². The number of halogens is 3. The minimum absolute atomic E-state index is 0.774. The van der Waals surface area contributed by atoms with Crippen LogP contribution >= 0.6 is 0 Å². The Morgan fingerprint density at radius 1 is 1.46 bits per heavy atom. The van der Waals surface area contributed by atoms with Crippen LogP contribution in [-0.2, 0) is 4.65 Å². The predicted molar refractivity (Wildman–Crippen MR) is 33.9 cm³/mol. The Hall–Kier alpha value is -1.22. The van der Waals surface area contributed by atoms with Crippen LogP contribution < -0.4 is 4.76 Å². The van der Waals surface area contributed by atoms with E-state index in [1.54, 1.807) is 0 Å². The Bertz CT molecular complexity index is 252. The van der Waals surface area contributed by atoms with Gasteiger partial charge in [0.05, 0.1) is 6.20 Å². The number of hydrogen-bond acceptors (Lipinski definition) is 4. The van der Waals surface area contributed by atoms with Crippen molar-refractivity contribution in [3.8, 4) is 0 Å². The van der Waals surface area contributed by atoms with Gasteiger partial charge in [-0.05, 0) is 0 Å². The van der Waals surface area contributed by atoms with Crippen molar-refractivity contribution in [2.24, 2.45) is 0 Å². The molecule has 1 heterocycles. The molecule has 0 radical (unpaired) electrons. The van der Waals surface area contributed by atoms with Crippen LogP contribution in [0.25, 0.3) is 0 Å². The lowest BCUT2D eigenvalue weighted by atomic mass is 10.3. The van der Waals surface area contributed by atoms with E-state index < -0.39 is 13.7 Å². The predicted octanol–water partition coefficient (Wildman–Crippen LogP) is -0.175. The highest BCUT2D eigenvalue weighted by Gasteiger charge is 2.38. The highest BCUT2D eigenvalue weighted by Crippen LogP contribution is 2.16. The van der Waals surface area contributed by atoms with Gasteiger partial charge in [-0.2, -0.15) is 4.73 Å². The van der Waals surface area contributed by atoms with Crippen molar-refractivity contribution < 1.29 is 27.6 Å². The van der Waals surface area contributed by atoms with E-state index in [9.17, 15) is 13.2 Å². The van der Waals surface area contributed by atoms with E-state index in [0.717, 1.165) is 11.1 Å². The summed E-state index contributed by atoms with van der Waals surface area (Å²) >= 11 is 0. The van der Waals surface area contributed by atoms with Gasteiger partial charge in [-0.15, -0.1) is 13.2 Å². The zero-order valence-electron chi connectivity index (χ0n) is 6.10. The van der Waals surface area contributed by atoms with E-state index in [-0.39, 0.29) is 0 Å². The van der Waals surface area contributed by atoms with Gasteiger partial charge in [-0.25, -0.2) is 4.98 Å². The van der Waals surface area contributed by atoms with Crippen molar-refractivity contribution in [3.05, 3.63) is 18.7 Å². The molecule has 0 aliphatic rings. The standard InChI is InChI=1S/C4H4BF3N2O3/c6-4(7,8)12-5(11)13-10-2-1-9-3-10/h1-3,11H. The molecule has 0 spiro atoms. The van der Waals surface area contributed by atoms with Gasteiger partial charge in [-0.1, -0.05) is 0 Å². The van der Waals surface area contributed by atoms with Crippen molar-refractivity contribution >= 4 is 7.32 Å². The van der Waals surface area contributed by atoms with Gasteiger partial charge in [0.2, 0.25) is 0 Å². The topological polar surface area (TPSA) is 56.5 Å². The van der Waals surface area contributed by atoms with Crippen LogP contribution in [0.5, 0.6) is 0 Å². The first kappa shape index (κ1) is 9.87. The molecule has 72 valence electrons. The average Bonchev–Trinajstić information content (AvgIpc) is 2.34. The highest BCUT2D eigenvalue weighted by molar-refractivity contribution is 6.34. The third-order valence-electron chi connectivity index (χ3n) is 0.926. The van der Waals surface area contributed by atoms with Crippen molar-refractivity contribution in [3.63, 3.8) is 0 Å². The third kappa shape index (κ3) is 3.81. The fraction of sp³-hybridized carbons (Fsp3) is 0.250. The van der Waals surface area contributed by atoms with Gasteiger partial charge in [0.25, 0.3) is 0 Å². The minimum Gasteiger partial charge on any atom is -0.420 e. The summed E-state index contributed by atoms with van der Waals surface area (Å²) in [6, 6.07) is 0. The number of rotatable bonds is 3. The van der Waals surface area contributed by atoms with Crippen LogP contribution in [0.4, 0.5) is 13.2 Å². The van der Waals surface area contributed by atoms with E-state index in [1.165, 1.54) is 12.4 Å². The quantitative estimate of drug-likeness (QED) is 0.681. The second-order valence-corrected chi connectivity index (χ2v) is 1.90. The smallest absolute Gasteiger partial charge is 0.420 e. The molecule has 5 nitrogen and oxygen atoms in total. The van der Waals surface area contributed by atoms with E-state index in [2.05, 4.69) is 14.4 Å². The van der Waals surface area contributed by atoms with Gasteiger partial charge in [0, 0.05) is 6.20 Å². The summed E-state index contributed by atoms with van der Waals surface area (Å²) in [4.78, 5) is 3.46. The molecule has 1 aromatic rings. The molecule has 0 bridgehead atoms. The lowest BCUT2D eigenvalue weighted by Crippen LogP contribution is -2.37. The van der Waals surface area contributed by atoms with Gasteiger partial charge in [0.15, 0.2) is 0 Å². The fourth-order valence-electron chi connectivity index (χ4n) is 0.549. The SMILES string of the molecule is OB(On1ccnc1)OC(F)(F)F. The first-order valence-corrected chi connectivity index (χ1v) is 3.05. The number of aromatic nitrogens is 2. The third-order valence-corrected chi connectivity index (χ3v) is 0.926. The molecule has 0 aliphatic heterocycles. The first-order valence-electron chi connectivity index (χ1n) is 3.05. The van der Waals surface area contributed by atoms with Gasteiger partial charge < -0.3 is 9.78 Å². The summed E-state index contributed by atoms with van der Waals surface area (Å²) in [5.74, 6) is 0. The lowest BCUT2D eigenvalue weighted by molar-refractivity contribution is -0.290. The van der Waals surface area contributed by atoms with Crippen molar-refractivity contribution in [2.45, 2.75) is 6.36 Å². The maximum absolute atomic E-state index is 11.4. The molecular formula is C4H4BF3N2O3. The monoisotopic (exact) mass is 196 g/mol. The highest BCUT2D eigenvalue weighted by atomic mass is 19.4. The molecule has 0 aliphatic carbocycles. The molecule has 0 aromatic carbocycles. The van der Waals surface area contributed by atoms with E-state index in [4.69, 9.17) is 5.02 Å². The Labute approximate surface area is 70.8 Å². The van der Waals surface area contributed by atoms with Gasteiger partial charge in [0.1, 0.15) is 6.33 Å². The van der Waals surface area contributed by atoms with Crippen molar-refractivity contribution in [1.29, 1.82) is 0 Å². The van der Waals surface area contributed by atoms with E-state index >= 15 is 0 Å². The summed E-state index contributed by atoms with van der Waals surface area (Å²) in [5, 5.41) is 8.54. The summed E-state index contributed by atoms with van der Waals surface area (Å²) in [6.45, 7) is 0. The maximum atomic E-state index is 11.4. The zero-order valence-corrected chi connectivity index (χ0v) is 6.10. The molecule has 0 saturated carbocycles. The summed E-state index contributed by atoms with van der Waals surface area (Å²) in [5.41, 5.74) is 0. The Morgan fingerprint density at radius 3 is 2.62 bits per heavy atom. The van der Waals surface area contributed by atoms with Crippen LogP contribution in [0.15, 0.2) is 18.7 Å². The van der Waals surface area contributed by atoms with Crippen LogP contribution in [0, 0.1) is 0 Å². The summed E-state index contributed by atoms with van der Waals surface area (Å²) in [6.07, 6.45) is -1.42. The Balaban J connectivity index is 2.38. The second kappa shape index (κ2) is 3.67. The molecule has 1 aromatic heterocycles. The Morgan fingerprint density at radius 2 is 2.15 bits per heavy atom. The van der Waals surface area contributed by atoms with Crippen LogP contribution in [0.3, 0.4) is 0 Å². The minimum atomic E-state index is -4.94. The molecule has 1 N–H and O–H groups in total. The molecule has 13 heavy (non-hydrogen) atoms. The van der Waals surface area contributed by atoms with Crippen molar-refractivity contribution in [2.75, 3.05) is 0 Å². The van der Waals surface area contributed by atoms with Gasteiger partial charge in [-0.3, -0.25) is 4.65 Å². The summed E-state index contributed by atoms with van der Waals surface area (Å²) in [7, 11) is -2.41. The molecule has 0 atom stereocenters. The maximum Gasteiger partial charge on any atom is 0.737 e. The lowest BCUT2D eigenvalue weighted by Gasteiger charge is -2.10. The molecule has 0 fully saturated rings. The molecule has 0 unspecified atom stereocenters. The van der Waals surface area contributed by atoms with E-state index in [0.29, 0.717) is 0 Å². The fourth-order valence-corrected chi connectivity index (χ4v) is 0.549. The first-order chi connectivity index (χ1) is 5.97. The summed E-state index contributed by atoms with van der Waals surface area (Å²) < 4.78 is 42.4. The van der Waals surface area contributed by atoms with Crippen LogP contribution in [0.2, 0.25) is 0 Å². The van der Waals surface area contributed by atoms with Crippen LogP contribution in [-0.4, -0.2) is 28.4 Å². The number of hydrogen-bond donors (Lipinski definition) is 1. The van der Waals surface area contributed by atoms with Gasteiger partial charge >= 0.3 is 13.7 Å². The molecular weight excluding hydrogens is 192 g/mol. The average molecular weight is 196 g/mol. The normalized spacial score (nSPS) is 11.4. The largest absolute Gasteiger partial charge is 0.737 e. The zero-order chi connectivity index (χ0) is 9.90. The molecule has 0 amide bonds. The van der Waals surface area contributed by atoms with Crippen LogP contribution in [0.1, 0.15) is 0 Å². The second-order valence-electron chi connectivity index (χ2n) is 1.90. The number of nitrogens with zero attached hydrogens (tertiary/aromatic N) is 2. The Kier molecular flexibility index (Phi) is 2.78. The molecule has 0 saturated heterocycles. The molecule has 9 heteroatoms. The molecule has 1 rings (SSSR count).